The van der Waals surface area contributed by atoms with E-state index in [4.69, 9.17) is 0 Å². The van der Waals surface area contributed by atoms with Crippen LogP contribution in [0.15, 0.2) is 48.5 Å². The zero-order chi connectivity index (χ0) is 22.7. The smallest absolute Gasteiger partial charge is 0.293 e. The maximum absolute atomic E-state index is 12.8. The number of ketones is 1. The highest BCUT2D eigenvalue weighted by molar-refractivity contribution is 7.18. The molecule has 8 nitrogen and oxygen atoms in total. The fourth-order valence-corrected chi connectivity index (χ4v) is 4.66. The first-order chi connectivity index (χ1) is 15.4. The van der Waals surface area contributed by atoms with Gasteiger partial charge in [0, 0.05) is 37.2 Å². The third kappa shape index (κ3) is 4.52. The number of hydrogen-bond acceptors (Lipinski definition) is 7. The van der Waals surface area contributed by atoms with Crippen molar-refractivity contribution in [3.63, 3.8) is 0 Å². The number of anilines is 2. The number of carbonyl (C=O) groups is 2. The second kappa shape index (κ2) is 9.27. The third-order valence-electron chi connectivity index (χ3n) is 5.35. The number of Topliss-reactive ketones (excluding diaryl/α,β-unsaturated/α-hetero) is 1. The van der Waals surface area contributed by atoms with Crippen LogP contribution in [0.5, 0.6) is 0 Å². The van der Waals surface area contributed by atoms with Gasteiger partial charge in [0.05, 0.1) is 15.5 Å². The number of benzene rings is 2. The minimum absolute atomic E-state index is 0.0897. The molecule has 32 heavy (non-hydrogen) atoms. The Kier molecular flexibility index (Phi) is 6.27. The van der Waals surface area contributed by atoms with Crippen molar-refractivity contribution >= 4 is 39.5 Å². The molecule has 0 unspecified atom stereocenters. The number of hydrogen-bond donors (Lipinski definition) is 1. The van der Waals surface area contributed by atoms with E-state index in [2.05, 4.69) is 10.3 Å². The quantitative estimate of drug-likeness (QED) is 0.316. The average Bonchev–Trinajstić information content (AvgIpc) is 3.24. The van der Waals surface area contributed by atoms with E-state index in [1.807, 2.05) is 35.2 Å². The van der Waals surface area contributed by atoms with Crippen molar-refractivity contribution in [1.29, 1.82) is 0 Å². The summed E-state index contributed by atoms with van der Waals surface area (Å²) < 4.78 is 0. The molecule has 0 spiro atoms. The van der Waals surface area contributed by atoms with Gasteiger partial charge in [0.2, 0.25) is 0 Å². The molecule has 1 aliphatic heterocycles. The van der Waals surface area contributed by atoms with Gasteiger partial charge in [0.15, 0.2) is 10.9 Å². The second-order valence-electron chi connectivity index (χ2n) is 7.58. The number of nitrogens with zero attached hydrogens (tertiary/aromatic N) is 3. The van der Waals surface area contributed by atoms with Gasteiger partial charge >= 0.3 is 0 Å². The van der Waals surface area contributed by atoms with Gasteiger partial charge in [-0.3, -0.25) is 25.0 Å². The molecule has 2 aromatic carbocycles. The highest BCUT2D eigenvalue weighted by atomic mass is 32.1. The Labute approximate surface area is 189 Å². The number of amides is 1. The lowest BCUT2D eigenvalue weighted by Crippen LogP contribution is -2.30. The number of carbonyl (C=O) groups excluding carboxylic acids is 2. The van der Waals surface area contributed by atoms with E-state index in [0.29, 0.717) is 16.3 Å². The standard InChI is InChI=1S/C23H22N4O4S/c1-15(28)21-20(16-8-4-2-5-9-16)24-23(32-21)25-22(29)17-10-11-18(19(14-17)27(30)31)26-12-6-3-7-13-26/h2,4-5,8-11,14H,3,6-7,12-13H2,1H3,(H,24,25,29). The van der Waals surface area contributed by atoms with Crippen LogP contribution in [0.1, 0.15) is 46.2 Å². The zero-order valence-electron chi connectivity index (χ0n) is 17.5. The van der Waals surface area contributed by atoms with Crippen molar-refractivity contribution in [3.05, 3.63) is 69.1 Å². The van der Waals surface area contributed by atoms with E-state index in [-0.39, 0.29) is 22.2 Å². The topological polar surface area (TPSA) is 105 Å². The summed E-state index contributed by atoms with van der Waals surface area (Å²) in [6.45, 7) is 2.98. The van der Waals surface area contributed by atoms with E-state index in [1.165, 1.54) is 13.0 Å². The maximum atomic E-state index is 12.8. The fraction of sp³-hybridized carbons (Fsp3) is 0.261. The van der Waals surface area contributed by atoms with E-state index in [0.717, 1.165) is 49.3 Å². The summed E-state index contributed by atoms with van der Waals surface area (Å²) in [6.07, 6.45) is 3.10. The van der Waals surface area contributed by atoms with Crippen LogP contribution < -0.4 is 10.2 Å². The lowest BCUT2D eigenvalue weighted by atomic mass is 10.1. The van der Waals surface area contributed by atoms with Gasteiger partial charge in [-0.15, -0.1) is 0 Å². The number of thiazole rings is 1. The van der Waals surface area contributed by atoms with E-state index < -0.39 is 10.8 Å². The Morgan fingerprint density at radius 2 is 1.81 bits per heavy atom. The molecule has 0 radical (unpaired) electrons. The van der Waals surface area contributed by atoms with Crippen LogP contribution in [0.25, 0.3) is 11.3 Å². The van der Waals surface area contributed by atoms with Gasteiger partial charge in [-0.1, -0.05) is 41.7 Å². The molecule has 4 rings (SSSR count). The van der Waals surface area contributed by atoms with Crippen LogP contribution in [0.2, 0.25) is 0 Å². The molecule has 1 aromatic heterocycles. The molecule has 0 atom stereocenters. The van der Waals surface area contributed by atoms with Gasteiger partial charge in [-0.25, -0.2) is 4.98 Å². The summed E-state index contributed by atoms with van der Waals surface area (Å²) in [5.74, 6) is -0.662. The maximum Gasteiger partial charge on any atom is 0.293 e. The lowest BCUT2D eigenvalue weighted by Gasteiger charge is -2.28. The van der Waals surface area contributed by atoms with Crippen LogP contribution in [0, 0.1) is 10.1 Å². The first-order valence-corrected chi connectivity index (χ1v) is 11.2. The van der Waals surface area contributed by atoms with Crippen molar-refractivity contribution in [2.24, 2.45) is 0 Å². The molecule has 0 aliphatic carbocycles. The van der Waals surface area contributed by atoms with E-state index in [1.54, 1.807) is 12.1 Å². The number of rotatable bonds is 6. The average molecular weight is 451 g/mol. The van der Waals surface area contributed by atoms with Crippen LogP contribution in [-0.2, 0) is 0 Å². The van der Waals surface area contributed by atoms with Crippen LogP contribution in [-0.4, -0.2) is 34.7 Å². The minimum Gasteiger partial charge on any atom is -0.366 e. The number of piperidine rings is 1. The Morgan fingerprint density at radius 3 is 2.47 bits per heavy atom. The monoisotopic (exact) mass is 450 g/mol. The molecule has 0 bridgehead atoms. The predicted octanol–water partition coefficient (Wildman–Crippen LogP) is 5.16. The number of nitrogens with one attached hydrogen (secondary N) is 1. The van der Waals surface area contributed by atoms with Crippen molar-refractivity contribution < 1.29 is 14.5 Å². The van der Waals surface area contributed by atoms with Gasteiger partial charge in [0.1, 0.15) is 5.69 Å². The first-order valence-electron chi connectivity index (χ1n) is 10.4. The molecule has 1 saturated heterocycles. The predicted molar refractivity (Wildman–Crippen MR) is 125 cm³/mol. The number of aromatic nitrogens is 1. The van der Waals surface area contributed by atoms with Gasteiger partial charge < -0.3 is 4.90 Å². The van der Waals surface area contributed by atoms with Crippen LogP contribution >= 0.6 is 11.3 Å². The number of nitro groups is 1. The molecule has 9 heteroatoms. The molecule has 0 saturated carbocycles. The highest BCUT2D eigenvalue weighted by Crippen LogP contribution is 2.33. The summed E-state index contributed by atoms with van der Waals surface area (Å²) in [5, 5.41) is 14.6. The fourth-order valence-electron chi connectivity index (χ4n) is 3.79. The lowest BCUT2D eigenvalue weighted by molar-refractivity contribution is -0.384. The van der Waals surface area contributed by atoms with Gasteiger partial charge in [0.25, 0.3) is 11.6 Å². The van der Waals surface area contributed by atoms with Crippen LogP contribution in [0.3, 0.4) is 0 Å². The molecule has 3 aromatic rings. The molecule has 2 heterocycles. The third-order valence-corrected chi connectivity index (χ3v) is 6.42. The second-order valence-corrected chi connectivity index (χ2v) is 8.58. The van der Waals surface area contributed by atoms with Crippen LogP contribution in [0.4, 0.5) is 16.5 Å². The van der Waals surface area contributed by atoms with E-state index >= 15 is 0 Å². The Bertz CT molecular complexity index is 1170. The highest BCUT2D eigenvalue weighted by Gasteiger charge is 2.24. The molecular weight excluding hydrogens is 428 g/mol. The Morgan fingerprint density at radius 1 is 1.09 bits per heavy atom. The molecule has 164 valence electrons. The summed E-state index contributed by atoms with van der Waals surface area (Å²) in [4.78, 5) is 43.0. The van der Waals surface area contributed by atoms with Crippen molar-refractivity contribution in [2.75, 3.05) is 23.3 Å². The normalized spacial score (nSPS) is 13.6. The van der Waals surface area contributed by atoms with Crippen molar-refractivity contribution in [3.8, 4) is 11.3 Å². The summed E-state index contributed by atoms with van der Waals surface area (Å²) in [7, 11) is 0. The van der Waals surface area contributed by atoms with Crippen molar-refractivity contribution in [1.82, 2.24) is 4.98 Å². The summed E-state index contributed by atoms with van der Waals surface area (Å²) in [5.41, 5.74) is 1.89. The minimum atomic E-state index is -0.512. The zero-order valence-corrected chi connectivity index (χ0v) is 18.4. The molecule has 1 aliphatic rings. The first kappa shape index (κ1) is 21.6. The summed E-state index contributed by atoms with van der Waals surface area (Å²) in [6, 6.07) is 13.8. The molecular formula is C23H22N4O4S. The Hall–Kier alpha value is -3.59. The summed E-state index contributed by atoms with van der Waals surface area (Å²) >= 11 is 1.09. The molecule has 1 fully saturated rings. The van der Waals surface area contributed by atoms with Crippen molar-refractivity contribution in [2.45, 2.75) is 26.2 Å². The van der Waals surface area contributed by atoms with Gasteiger partial charge in [-0.05, 0) is 31.4 Å². The molecule has 1 N–H and O–H groups in total. The molecule has 1 amide bonds. The van der Waals surface area contributed by atoms with Gasteiger partial charge in [-0.2, -0.15) is 0 Å². The Balaban J connectivity index is 1.61. The van der Waals surface area contributed by atoms with E-state index in [9.17, 15) is 19.7 Å². The number of nitro benzene ring substituents is 1. The largest absolute Gasteiger partial charge is 0.366 e. The SMILES string of the molecule is CC(=O)c1sc(NC(=O)c2ccc(N3CCCCC3)c([N+](=O)[O-])c2)nc1-c1ccccc1.